The third-order valence-electron chi connectivity index (χ3n) is 3.86. The van der Waals surface area contributed by atoms with Crippen molar-refractivity contribution in [2.24, 2.45) is 4.99 Å². The van der Waals surface area contributed by atoms with Crippen LogP contribution in [0.4, 0.5) is 5.13 Å². The van der Waals surface area contributed by atoms with E-state index in [9.17, 15) is 4.79 Å². The van der Waals surface area contributed by atoms with E-state index in [0.29, 0.717) is 21.7 Å². The lowest BCUT2D eigenvalue weighted by Crippen LogP contribution is -2.29. The van der Waals surface area contributed by atoms with E-state index in [1.54, 1.807) is 11.0 Å². The monoisotopic (exact) mass is 392 g/mol. The number of aromatic nitrogens is 2. The van der Waals surface area contributed by atoms with E-state index in [2.05, 4.69) is 21.5 Å². The molecule has 1 amide bonds. The normalized spacial score (nSPS) is 17.2. The Morgan fingerprint density at radius 2 is 2.07 bits per heavy atom. The maximum absolute atomic E-state index is 12.7. The Bertz CT molecular complexity index is 1020. The predicted molar refractivity (Wildman–Crippen MR) is 113 cm³/mol. The molecule has 0 radical (unpaired) electrons. The van der Waals surface area contributed by atoms with E-state index in [1.807, 2.05) is 60.1 Å². The second kappa shape index (κ2) is 7.77. The van der Waals surface area contributed by atoms with Crippen LogP contribution >= 0.6 is 23.1 Å². The molecule has 4 rings (SSSR count). The molecule has 0 spiro atoms. The summed E-state index contributed by atoms with van der Waals surface area (Å²) in [5, 5.41) is 3.22. The first-order valence-electron chi connectivity index (χ1n) is 8.30. The van der Waals surface area contributed by atoms with Crippen LogP contribution < -0.4 is 0 Å². The molecule has 2 aromatic heterocycles. The molecule has 0 bridgehead atoms. The van der Waals surface area contributed by atoms with Gasteiger partial charge in [0.25, 0.3) is 5.91 Å². The molecule has 3 aromatic rings. The molecule has 0 aliphatic carbocycles. The fourth-order valence-electron chi connectivity index (χ4n) is 2.60. The van der Waals surface area contributed by atoms with Gasteiger partial charge >= 0.3 is 0 Å². The van der Waals surface area contributed by atoms with Crippen LogP contribution in [0.3, 0.4) is 0 Å². The fraction of sp³-hybridized carbons (Fsp3) is 0.0500. The van der Waals surface area contributed by atoms with Gasteiger partial charge in [0.2, 0.25) is 5.13 Å². The molecule has 1 aliphatic heterocycles. The molecule has 134 valence electrons. The van der Waals surface area contributed by atoms with Gasteiger partial charge in [-0.1, -0.05) is 36.4 Å². The number of carbonyl (C=O) groups is 1. The number of nitrogens with one attached hydrogen (secondary N) is 1. The molecular formula is C20H16N4OS2. The van der Waals surface area contributed by atoms with Crippen LogP contribution in [0.5, 0.6) is 0 Å². The second-order valence-corrected chi connectivity index (χ2v) is 7.56. The molecule has 1 aromatic carbocycles. The highest BCUT2D eigenvalue weighted by atomic mass is 32.2. The van der Waals surface area contributed by atoms with Crippen molar-refractivity contribution in [2.45, 2.75) is 0 Å². The smallest absolute Gasteiger partial charge is 0.267 e. The van der Waals surface area contributed by atoms with Crippen LogP contribution in [-0.4, -0.2) is 32.5 Å². The molecule has 1 aliphatic rings. The van der Waals surface area contributed by atoms with Crippen molar-refractivity contribution in [3.63, 3.8) is 0 Å². The van der Waals surface area contributed by atoms with Crippen LogP contribution in [0.15, 0.2) is 76.6 Å². The Morgan fingerprint density at radius 1 is 1.22 bits per heavy atom. The van der Waals surface area contributed by atoms with E-state index in [4.69, 9.17) is 0 Å². The summed E-state index contributed by atoms with van der Waals surface area (Å²) in [5.41, 5.74) is 2.81. The zero-order chi connectivity index (χ0) is 18.6. The lowest BCUT2D eigenvalue weighted by Gasteiger charge is -2.11. The summed E-state index contributed by atoms with van der Waals surface area (Å²) >= 11 is 2.81. The summed E-state index contributed by atoms with van der Waals surface area (Å²) in [7, 11) is 0. The summed E-state index contributed by atoms with van der Waals surface area (Å²) in [6.45, 7) is 4.15. The fourth-order valence-corrected chi connectivity index (χ4v) is 4.33. The number of rotatable bonds is 5. The highest BCUT2D eigenvalue weighted by Gasteiger charge is 2.33. The minimum absolute atomic E-state index is 0.0758. The molecule has 27 heavy (non-hydrogen) atoms. The number of H-pyrrole nitrogens is 1. The number of nitrogens with zero attached hydrogens (tertiary/aromatic N) is 3. The molecule has 1 fully saturated rings. The van der Waals surface area contributed by atoms with Gasteiger partial charge in [0, 0.05) is 29.4 Å². The van der Waals surface area contributed by atoms with Crippen molar-refractivity contribution in [1.82, 2.24) is 14.9 Å². The minimum atomic E-state index is -0.0758. The Morgan fingerprint density at radius 3 is 2.81 bits per heavy atom. The summed E-state index contributed by atoms with van der Waals surface area (Å²) in [6, 6.07) is 13.8. The first-order chi connectivity index (χ1) is 13.2. The van der Waals surface area contributed by atoms with E-state index in [0.717, 1.165) is 17.0 Å². The van der Waals surface area contributed by atoms with Gasteiger partial charge in [0.05, 0.1) is 10.6 Å². The molecule has 0 unspecified atom stereocenters. The number of amides is 1. The second-order valence-electron chi connectivity index (χ2n) is 5.72. The number of benzene rings is 1. The number of carbonyl (C=O) groups excluding carboxylic acids is 1. The van der Waals surface area contributed by atoms with Gasteiger partial charge in [-0.25, -0.2) is 4.98 Å². The Hall–Kier alpha value is -2.90. The number of aliphatic imine (C=N–C) groups is 1. The van der Waals surface area contributed by atoms with Crippen LogP contribution in [0.25, 0.3) is 17.3 Å². The topological polar surface area (TPSA) is 61.4 Å². The zero-order valence-electron chi connectivity index (χ0n) is 14.3. The quantitative estimate of drug-likeness (QED) is 0.495. The SMILES string of the molecule is C=CCN1C(=O)/C(=C\c2ccc[nH]2)S/C1=N/c1nc(-c2ccccc2)cs1. The molecule has 1 saturated heterocycles. The predicted octanol–water partition coefficient (Wildman–Crippen LogP) is 4.93. The van der Waals surface area contributed by atoms with Gasteiger partial charge in [-0.3, -0.25) is 9.69 Å². The maximum atomic E-state index is 12.7. The minimum Gasteiger partial charge on any atom is -0.362 e. The van der Waals surface area contributed by atoms with Gasteiger partial charge in [0.15, 0.2) is 5.17 Å². The van der Waals surface area contributed by atoms with E-state index in [1.165, 1.54) is 23.1 Å². The zero-order valence-corrected chi connectivity index (χ0v) is 16.0. The largest absolute Gasteiger partial charge is 0.362 e. The van der Waals surface area contributed by atoms with Crippen molar-refractivity contribution in [1.29, 1.82) is 0 Å². The standard InChI is InChI=1S/C20H16N4OS2/c1-2-11-24-18(25)17(12-15-9-6-10-21-15)27-20(24)23-19-22-16(13-26-19)14-7-4-3-5-8-14/h2-10,12-13,21H,1,11H2/b17-12+,23-20+. The molecule has 0 atom stereocenters. The maximum Gasteiger partial charge on any atom is 0.267 e. The van der Waals surface area contributed by atoms with Crippen molar-refractivity contribution in [2.75, 3.05) is 6.54 Å². The van der Waals surface area contributed by atoms with Crippen LogP contribution in [0.2, 0.25) is 0 Å². The van der Waals surface area contributed by atoms with Gasteiger partial charge in [-0.15, -0.1) is 17.9 Å². The number of hydrogen-bond acceptors (Lipinski definition) is 5. The third-order valence-corrected chi connectivity index (χ3v) is 5.60. The van der Waals surface area contributed by atoms with E-state index < -0.39 is 0 Å². The summed E-state index contributed by atoms with van der Waals surface area (Å²) in [4.78, 5) is 27.3. The number of hydrogen-bond donors (Lipinski definition) is 1. The first kappa shape index (κ1) is 17.5. The van der Waals surface area contributed by atoms with Crippen molar-refractivity contribution in [3.05, 3.63) is 77.3 Å². The highest BCUT2D eigenvalue weighted by molar-refractivity contribution is 8.18. The Kier molecular flexibility index (Phi) is 5.04. The molecule has 5 nitrogen and oxygen atoms in total. The average molecular weight is 393 g/mol. The highest BCUT2D eigenvalue weighted by Crippen LogP contribution is 2.35. The third kappa shape index (κ3) is 3.79. The molecule has 1 N–H and O–H groups in total. The average Bonchev–Trinajstić information content (AvgIpc) is 3.42. The van der Waals surface area contributed by atoms with Gasteiger partial charge in [0.1, 0.15) is 0 Å². The van der Waals surface area contributed by atoms with Crippen molar-refractivity contribution >= 4 is 45.4 Å². The number of thiazole rings is 1. The summed E-state index contributed by atoms with van der Waals surface area (Å²) in [5.74, 6) is -0.0758. The van der Waals surface area contributed by atoms with Crippen LogP contribution in [-0.2, 0) is 4.79 Å². The lowest BCUT2D eigenvalue weighted by molar-refractivity contribution is -0.121. The molecular weight excluding hydrogens is 376 g/mol. The summed E-state index contributed by atoms with van der Waals surface area (Å²) < 4.78 is 0. The lowest BCUT2D eigenvalue weighted by atomic mass is 10.2. The first-order valence-corrected chi connectivity index (χ1v) is 9.99. The number of thioether (sulfide) groups is 1. The van der Waals surface area contributed by atoms with Crippen LogP contribution in [0.1, 0.15) is 5.69 Å². The Labute approximate surface area is 165 Å². The molecule has 3 heterocycles. The van der Waals surface area contributed by atoms with E-state index in [-0.39, 0.29) is 5.91 Å². The summed E-state index contributed by atoms with van der Waals surface area (Å²) in [6.07, 6.45) is 5.36. The molecule has 0 saturated carbocycles. The van der Waals surface area contributed by atoms with Crippen molar-refractivity contribution < 1.29 is 4.79 Å². The van der Waals surface area contributed by atoms with Crippen molar-refractivity contribution in [3.8, 4) is 11.3 Å². The molecule has 7 heteroatoms. The van der Waals surface area contributed by atoms with Gasteiger partial charge in [-0.2, -0.15) is 4.99 Å². The van der Waals surface area contributed by atoms with Gasteiger partial charge < -0.3 is 4.98 Å². The number of aromatic amines is 1. The van der Waals surface area contributed by atoms with Crippen LogP contribution in [0, 0.1) is 0 Å². The Balaban J connectivity index is 1.64. The van der Waals surface area contributed by atoms with E-state index >= 15 is 0 Å². The number of amidine groups is 1. The van der Waals surface area contributed by atoms with Gasteiger partial charge in [-0.05, 0) is 30.0 Å².